The van der Waals surface area contributed by atoms with Crippen LogP contribution in [-0.4, -0.2) is 14.5 Å². The molecule has 0 aliphatic heterocycles. The molecule has 0 amide bonds. The largest absolute Gasteiger partial charge is 0.338 e. The van der Waals surface area contributed by atoms with Crippen LogP contribution in [0.15, 0.2) is 30.7 Å². The minimum atomic E-state index is -0.0217. The highest BCUT2D eigenvalue weighted by atomic mass is 15.0. The van der Waals surface area contributed by atoms with E-state index >= 15 is 0 Å². The molecule has 0 saturated heterocycles. The molecule has 2 rings (SSSR count). The van der Waals surface area contributed by atoms with Gasteiger partial charge in [-0.2, -0.15) is 0 Å². The lowest BCUT2D eigenvalue weighted by molar-refractivity contribution is 0.607. The molecule has 0 fully saturated rings. The standard InChI is InChI=1S/C13H18N4/c1-10-5-6-15-12(9-10)11(14)3-4-13-16-7-8-17(13)2/h5-9,11H,3-4,14H2,1-2H3. The van der Waals surface area contributed by atoms with E-state index in [0.717, 1.165) is 24.4 Å². The fraction of sp³-hybridized carbons (Fsp3) is 0.385. The topological polar surface area (TPSA) is 56.7 Å². The van der Waals surface area contributed by atoms with Crippen molar-refractivity contribution in [2.45, 2.75) is 25.8 Å². The molecule has 90 valence electrons. The van der Waals surface area contributed by atoms with Crippen LogP contribution in [0, 0.1) is 6.92 Å². The molecule has 4 heteroatoms. The Morgan fingerprint density at radius 2 is 2.18 bits per heavy atom. The quantitative estimate of drug-likeness (QED) is 0.870. The van der Waals surface area contributed by atoms with Crippen LogP contribution in [0.1, 0.15) is 29.5 Å². The van der Waals surface area contributed by atoms with E-state index in [1.54, 1.807) is 0 Å². The van der Waals surface area contributed by atoms with E-state index < -0.39 is 0 Å². The second-order valence-corrected chi connectivity index (χ2v) is 4.36. The van der Waals surface area contributed by atoms with E-state index in [2.05, 4.69) is 16.9 Å². The van der Waals surface area contributed by atoms with Gasteiger partial charge in [-0.1, -0.05) is 0 Å². The molecule has 2 heterocycles. The van der Waals surface area contributed by atoms with Crippen LogP contribution in [0.5, 0.6) is 0 Å². The predicted molar refractivity (Wildman–Crippen MR) is 67.4 cm³/mol. The van der Waals surface area contributed by atoms with Crippen LogP contribution >= 0.6 is 0 Å². The summed E-state index contributed by atoms with van der Waals surface area (Å²) in [6.45, 7) is 2.05. The first kappa shape index (κ1) is 11.8. The Morgan fingerprint density at radius 1 is 1.35 bits per heavy atom. The molecule has 2 aromatic rings. The van der Waals surface area contributed by atoms with Gasteiger partial charge in [0.15, 0.2) is 0 Å². The van der Waals surface area contributed by atoms with Crippen LogP contribution < -0.4 is 5.73 Å². The van der Waals surface area contributed by atoms with Gasteiger partial charge >= 0.3 is 0 Å². The molecular weight excluding hydrogens is 212 g/mol. The Hall–Kier alpha value is -1.68. The van der Waals surface area contributed by atoms with Crippen molar-refractivity contribution in [3.8, 4) is 0 Å². The number of pyridine rings is 1. The van der Waals surface area contributed by atoms with Crippen LogP contribution in [0.2, 0.25) is 0 Å². The lowest BCUT2D eigenvalue weighted by atomic mass is 10.1. The molecule has 0 radical (unpaired) electrons. The maximum absolute atomic E-state index is 6.13. The number of rotatable bonds is 4. The van der Waals surface area contributed by atoms with Gasteiger partial charge in [0.25, 0.3) is 0 Å². The highest BCUT2D eigenvalue weighted by molar-refractivity contribution is 5.17. The molecule has 2 N–H and O–H groups in total. The molecule has 0 saturated carbocycles. The number of nitrogens with two attached hydrogens (primary N) is 1. The lowest BCUT2D eigenvalue weighted by Gasteiger charge is -2.11. The maximum atomic E-state index is 6.13. The van der Waals surface area contributed by atoms with Gasteiger partial charge in [0.05, 0.1) is 5.69 Å². The summed E-state index contributed by atoms with van der Waals surface area (Å²) in [4.78, 5) is 8.60. The van der Waals surface area contributed by atoms with E-state index in [1.807, 2.05) is 42.3 Å². The van der Waals surface area contributed by atoms with Crippen LogP contribution in [0.25, 0.3) is 0 Å². The second kappa shape index (κ2) is 5.10. The third kappa shape index (κ3) is 2.91. The summed E-state index contributed by atoms with van der Waals surface area (Å²) in [6.07, 6.45) is 7.31. The molecule has 1 atom stereocenters. The van der Waals surface area contributed by atoms with Crippen LogP contribution in [-0.2, 0) is 13.5 Å². The summed E-state index contributed by atoms with van der Waals surface area (Å²) in [5.74, 6) is 1.06. The zero-order valence-corrected chi connectivity index (χ0v) is 10.3. The van der Waals surface area contributed by atoms with E-state index in [4.69, 9.17) is 5.73 Å². The van der Waals surface area contributed by atoms with Gasteiger partial charge < -0.3 is 10.3 Å². The van der Waals surface area contributed by atoms with Crippen molar-refractivity contribution in [1.82, 2.24) is 14.5 Å². The summed E-state index contributed by atoms with van der Waals surface area (Å²) in [7, 11) is 2.00. The van der Waals surface area contributed by atoms with Crippen molar-refractivity contribution >= 4 is 0 Å². The maximum Gasteiger partial charge on any atom is 0.108 e. The number of aryl methyl sites for hydroxylation is 3. The van der Waals surface area contributed by atoms with Gasteiger partial charge in [-0.3, -0.25) is 4.98 Å². The van der Waals surface area contributed by atoms with Crippen molar-refractivity contribution in [3.63, 3.8) is 0 Å². The van der Waals surface area contributed by atoms with Gasteiger partial charge in [-0.15, -0.1) is 0 Å². The van der Waals surface area contributed by atoms with E-state index in [1.165, 1.54) is 5.56 Å². The van der Waals surface area contributed by atoms with E-state index in [0.29, 0.717) is 0 Å². The number of nitrogens with zero attached hydrogens (tertiary/aromatic N) is 3. The lowest BCUT2D eigenvalue weighted by Crippen LogP contribution is -2.14. The monoisotopic (exact) mass is 230 g/mol. The Balaban J connectivity index is 1.98. The minimum Gasteiger partial charge on any atom is -0.338 e. The first-order valence-electron chi connectivity index (χ1n) is 5.81. The number of hydrogen-bond acceptors (Lipinski definition) is 3. The SMILES string of the molecule is Cc1ccnc(C(N)CCc2nccn2C)c1. The van der Waals surface area contributed by atoms with Crippen molar-refractivity contribution in [2.24, 2.45) is 12.8 Å². The van der Waals surface area contributed by atoms with Crippen LogP contribution in [0.4, 0.5) is 0 Å². The molecule has 4 nitrogen and oxygen atoms in total. The zero-order valence-electron chi connectivity index (χ0n) is 10.3. The number of hydrogen-bond donors (Lipinski definition) is 1. The number of imidazole rings is 1. The molecule has 1 unspecified atom stereocenters. The summed E-state index contributed by atoms with van der Waals surface area (Å²) in [6, 6.07) is 4.00. The molecule has 0 aliphatic rings. The van der Waals surface area contributed by atoms with Crippen LogP contribution in [0.3, 0.4) is 0 Å². The minimum absolute atomic E-state index is 0.0217. The molecule has 2 aromatic heterocycles. The van der Waals surface area contributed by atoms with Gasteiger partial charge in [-0.25, -0.2) is 4.98 Å². The van der Waals surface area contributed by atoms with E-state index in [-0.39, 0.29) is 6.04 Å². The molecule has 0 aromatic carbocycles. The highest BCUT2D eigenvalue weighted by Gasteiger charge is 2.09. The summed E-state index contributed by atoms with van der Waals surface area (Å²) in [5.41, 5.74) is 8.29. The molecule has 0 aliphatic carbocycles. The predicted octanol–water partition coefficient (Wildman–Crippen LogP) is 1.76. The first-order chi connectivity index (χ1) is 8.16. The van der Waals surface area contributed by atoms with Crippen molar-refractivity contribution < 1.29 is 0 Å². The van der Waals surface area contributed by atoms with Gasteiger partial charge in [0, 0.05) is 38.1 Å². The first-order valence-corrected chi connectivity index (χ1v) is 5.81. The fourth-order valence-electron chi connectivity index (χ4n) is 1.83. The van der Waals surface area contributed by atoms with Crippen molar-refractivity contribution in [1.29, 1.82) is 0 Å². The molecule has 17 heavy (non-hydrogen) atoms. The smallest absolute Gasteiger partial charge is 0.108 e. The Morgan fingerprint density at radius 3 is 2.82 bits per heavy atom. The van der Waals surface area contributed by atoms with Gasteiger partial charge in [-0.05, 0) is 31.0 Å². The Bertz CT molecular complexity index is 490. The Labute approximate surface area is 102 Å². The Kier molecular flexibility index (Phi) is 3.54. The average Bonchev–Trinajstić information content (AvgIpc) is 2.72. The molecule has 0 bridgehead atoms. The molecular formula is C13H18N4. The summed E-state index contributed by atoms with van der Waals surface area (Å²) in [5, 5.41) is 0. The highest BCUT2D eigenvalue weighted by Crippen LogP contribution is 2.14. The van der Waals surface area contributed by atoms with Crippen molar-refractivity contribution in [3.05, 3.63) is 47.8 Å². The fourth-order valence-corrected chi connectivity index (χ4v) is 1.83. The van der Waals surface area contributed by atoms with Crippen molar-refractivity contribution in [2.75, 3.05) is 0 Å². The van der Waals surface area contributed by atoms with Gasteiger partial charge in [0.2, 0.25) is 0 Å². The normalized spacial score (nSPS) is 12.6. The number of aromatic nitrogens is 3. The average molecular weight is 230 g/mol. The third-order valence-corrected chi connectivity index (χ3v) is 2.92. The zero-order chi connectivity index (χ0) is 12.3. The van der Waals surface area contributed by atoms with E-state index in [9.17, 15) is 0 Å². The van der Waals surface area contributed by atoms with Gasteiger partial charge in [0.1, 0.15) is 5.82 Å². The third-order valence-electron chi connectivity index (χ3n) is 2.92. The summed E-state index contributed by atoms with van der Waals surface area (Å²) < 4.78 is 2.02. The molecule has 0 spiro atoms. The second-order valence-electron chi connectivity index (χ2n) is 4.36. The summed E-state index contributed by atoms with van der Waals surface area (Å²) >= 11 is 0.